The van der Waals surface area contributed by atoms with Crippen LogP contribution in [0.5, 0.6) is 5.75 Å². The van der Waals surface area contributed by atoms with Crippen molar-refractivity contribution in [1.29, 1.82) is 0 Å². The van der Waals surface area contributed by atoms with Crippen LogP contribution in [0.1, 0.15) is 28.8 Å². The highest BCUT2D eigenvalue weighted by molar-refractivity contribution is 6.05. The zero-order valence-corrected chi connectivity index (χ0v) is 22.7. The summed E-state index contributed by atoms with van der Waals surface area (Å²) in [4.78, 5) is 28.5. The highest BCUT2D eigenvalue weighted by atomic mass is 16.5. The first-order valence-electron chi connectivity index (χ1n) is 13.6. The topological polar surface area (TPSA) is 102 Å². The molecule has 1 saturated heterocycles. The number of unbranched alkanes of at least 4 members (excludes halogenated alkanes) is 1. The predicted octanol–water partition coefficient (Wildman–Crippen LogP) is 5.33. The first kappa shape index (κ1) is 27.2. The number of hydrogen-bond donors (Lipinski definition) is 2. The van der Waals surface area contributed by atoms with Crippen LogP contribution in [-0.4, -0.2) is 65.2 Å². The number of aromatic nitrogens is 3. The predicted molar refractivity (Wildman–Crippen MR) is 156 cm³/mol. The molecule has 2 aromatic heterocycles. The molecule has 1 aliphatic heterocycles. The van der Waals surface area contributed by atoms with E-state index in [4.69, 9.17) is 9.47 Å². The normalized spacial score (nSPS) is 13.5. The number of anilines is 3. The van der Waals surface area contributed by atoms with Gasteiger partial charge in [0.05, 0.1) is 25.5 Å². The van der Waals surface area contributed by atoms with Gasteiger partial charge >= 0.3 is 0 Å². The molecular weight excluding hydrogens is 504 g/mol. The van der Waals surface area contributed by atoms with Crippen molar-refractivity contribution in [3.63, 3.8) is 0 Å². The number of amides is 1. The van der Waals surface area contributed by atoms with E-state index >= 15 is 0 Å². The fraction of sp³-hybridized carbons (Fsp3) is 0.290. The van der Waals surface area contributed by atoms with Crippen LogP contribution in [0.3, 0.4) is 0 Å². The van der Waals surface area contributed by atoms with Crippen LogP contribution in [0.2, 0.25) is 0 Å². The van der Waals surface area contributed by atoms with Gasteiger partial charge in [-0.15, -0.1) is 0 Å². The van der Waals surface area contributed by atoms with Crippen molar-refractivity contribution in [2.45, 2.75) is 19.8 Å². The molecule has 1 fully saturated rings. The molecule has 5 rings (SSSR count). The lowest BCUT2D eigenvalue weighted by Crippen LogP contribution is -2.36. The van der Waals surface area contributed by atoms with Crippen molar-refractivity contribution in [3.8, 4) is 17.0 Å². The highest BCUT2D eigenvalue weighted by Gasteiger charge is 2.12. The van der Waals surface area contributed by atoms with Gasteiger partial charge in [0, 0.05) is 54.2 Å². The second kappa shape index (κ2) is 13.6. The van der Waals surface area contributed by atoms with E-state index in [1.165, 1.54) is 0 Å². The molecule has 0 aliphatic carbocycles. The second-order valence-corrected chi connectivity index (χ2v) is 9.65. The van der Waals surface area contributed by atoms with E-state index in [9.17, 15) is 4.79 Å². The summed E-state index contributed by atoms with van der Waals surface area (Å²) in [5, 5.41) is 6.21. The maximum absolute atomic E-state index is 13.0. The number of morpholine rings is 1. The molecule has 0 saturated carbocycles. The van der Waals surface area contributed by atoms with E-state index in [0.29, 0.717) is 23.8 Å². The molecule has 40 heavy (non-hydrogen) atoms. The summed E-state index contributed by atoms with van der Waals surface area (Å²) in [6.07, 6.45) is 7.28. The second-order valence-electron chi connectivity index (χ2n) is 9.65. The van der Waals surface area contributed by atoms with E-state index in [0.717, 1.165) is 73.9 Å². The number of pyridine rings is 1. The van der Waals surface area contributed by atoms with Crippen LogP contribution in [0.25, 0.3) is 11.3 Å². The first-order chi connectivity index (χ1) is 19.6. The Bertz CT molecular complexity index is 1390. The van der Waals surface area contributed by atoms with Gasteiger partial charge in [-0.05, 0) is 86.5 Å². The molecule has 4 aromatic rings. The van der Waals surface area contributed by atoms with Crippen molar-refractivity contribution in [3.05, 3.63) is 90.4 Å². The molecule has 0 unspecified atom stereocenters. The van der Waals surface area contributed by atoms with Gasteiger partial charge < -0.3 is 20.1 Å². The average molecular weight is 539 g/mol. The largest absolute Gasteiger partial charge is 0.494 e. The molecule has 0 atom stereocenters. The number of rotatable bonds is 11. The summed E-state index contributed by atoms with van der Waals surface area (Å²) in [5.74, 6) is 1.03. The Labute approximate surface area is 234 Å². The number of nitrogens with one attached hydrogen (secondary N) is 2. The Balaban J connectivity index is 1.13. The monoisotopic (exact) mass is 538 g/mol. The number of nitrogens with zero attached hydrogens (tertiary/aromatic N) is 4. The summed E-state index contributed by atoms with van der Waals surface area (Å²) < 4.78 is 11.3. The molecule has 206 valence electrons. The minimum Gasteiger partial charge on any atom is -0.494 e. The van der Waals surface area contributed by atoms with E-state index in [1.54, 1.807) is 30.7 Å². The summed E-state index contributed by atoms with van der Waals surface area (Å²) in [6.45, 7) is 7.42. The van der Waals surface area contributed by atoms with Gasteiger partial charge in [-0.25, -0.2) is 9.97 Å². The zero-order chi connectivity index (χ0) is 27.6. The minimum atomic E-state index is -0.204. The fourth-order valence-electron chi connectivity index (χ4n) is 4.40. The lowest BCUT2D eigenvalue weighted by molar-refractivity contribution is 0.0368. The summed E-state index contributed by atoms with van der Waals surface area (Å²) in [6, 6.07) is 18.6. The number of benzene rings is 2. The van der Waals surface area contributed by atoms with Crippen LogP contribution in [0, 0.1) is 6.92 Å². The van der Waals surface area contributed by atoms with Gasteiger partial charge in [-0.3, -0.25) is 14.7 Å². The summed E-state index contributed by atoms with van der Waals surface area (Å²) in [7, 11) is 0. The molecule has 2 aromatic carbocycles. The third-order valence-corrected chi connectivity index (χ3v) is 6.71. The number of ether oxygens (including phenoxy) is 2. The molecule has 9 nitrogen and oxygen atoms in total. The minimum absolute atomic E-state index is 0.204. The SMILES string of the molecule is Cc1ccc(C(=O)Nc2ccc(OCCCCN3CCOCC3)cc2)cc1Nc1nccc(-c2cccnc2)n1. The van der Waals surface area contributed by atoms with Crippen LogP contribution in [0.15, 0.2) is 79.3 Å². The highest BCUT2D eigenvalue weighted by Crippen LogP contribution is 2.23. The Kier molecular flexibility index (Phi) is 9.29. The third-order valence-electron chi connectivity index (χ3n) is 6.71. The number of carbonyl (C=O) groups is 1. The smallest absolute Gasteiger partial charge is 0.255 e. The molecule has 1 amide bonds. The Hall–Kier alpha value is -4.34. The van der Waals surface area contributed by atoms with Crippen LogP contribution < -0.4 is 15.4 Å². The summed E-state index contributed by atoms with van der Waals surface area (Å²) in [5.41, 5.74) is 4.62. The van der Waals surface area contributed by atoms with E-state index in [1.807, 2.05) is 55.5 Å². The number of carbonyl (C=O) groups excluding carboxylic acids is 1. The third kappa shape index (κ3) is 7.62. The van der Waals surface area contributed by atoms with Crippen molar-refractivity contribution in [2.75, 3.05) is 50.1 Å². The van der Waals surface area contributed by atoms with Gasteiger partial charge in [0.25, 0.3) is 5.91 Å². The molecular formula is C31H34N6O3. The lowest BCUT2D eigenvalue weighted by Gasteiger charge is -2.26. The number of hydrogen-bond acceptors (Lipinski definition) is 8. The van der Waals surface area contributed by atoms with Crippen molar-refractivity contribution >= 4 is 23.2 Å². The molecule has 3 heterocycles. The number of aryl methyl sites for hydroxylation is 1. The molecule has 0 spiro atoms. The van der Waals surface area contributed by atoms with Gasteiger partial charge in [0.15, 0.2) is 0 Å². The zero-order valence-electron chi connectivity index (χ0n) is 22.7. The quantitative estimate of drug-likeness (QED) is 0.247. The lowest BCUT2D eigenvalue weighted by atomic mass is 10.1. The molecule has 0 bridgehead atoms. The van der Waals surface area contributed by atoms with Crippen LogP contribution in [0.4, 0.5) is 17.3 Å². The Morgan fingerprint density at radius 3 is 2.67 bits per heavy atom. The Morgan fingerprint density at radius 2 is 1.88 bits per heavy atom. The fourth-order valence-corrected chi connectivity index (χ4v) is 4.40. The van der Waals surface area contributed by atoms with Crippen LogP contribution in [-0.2, 0) is 4.74 Å². The van der Waals surface area contributed by atoms with Gasteiger partial charge in [-0.1, -0.05) is 6.07 Å². The standard InChI is InChI=1S/C31H34N6O3/c1-23-6-7-24(21-29(23)36-31-33-14-12-28(35-31)25-5-4-13-32-22-25)30(38)34-26-8-10-27(11-9-26)40-18-3-2-15-37-16-19-39-20-17-37/h4-14,21-22H,2-3,15-20H2,1H3,(H,34,38)(H,33,35,36). The van der Waals surface area contributed by atoms with Gasteiger partial charge in [-0.2, -0.15) is 0 Å². The molecule has 0 radical (unpaired) electrons. The van der Waals surface area contributed by atoms with Crippen molar-refractivity contribution in [2.24, 2.45) is 0 Å². The average Bonchev–Trinajstić information content (AvgIpc) is 3.00. The maximum atomic E-state index is 13.0. The maximum Gasteiger partial charge on any atom is 0.255 e. The summed E-state index contributed by atoms with van der Waals surface area (Å²) >= 11 is 0. The van der Waals surface area contributed by atoms with Crippen molar-refractivity contribution < 1.29 is 14.3 Å². The van der Waals surface area contributed by atoms with Crippen molar-refractivity contribution in [1.82, 2.24) is 19.9 Å². The van der Waals surface area contributed by atoms with Gasteiger partial charge in [0.2, 0.25) is 5.95 Å². The van der Waals surface area contributed by atoms with Crippen LogP contribution >= 0.6 is 0 Å². The molecule has 2 N–H and O–H groups in total. The Morgan fingerprint density at radius 1 is 1.02 bits per heavy atom. The molecule has 1 aliphatic rings. The first-order valence-corrected chi connectivity index (χ1v) is 13.6. The van der Waals surface area contributed by atoms with E-state index in [2.05, 4.69) is 30.5 Å². The van der Waals surface area contributed by atoms with E-state index in [-0.39, 0.29) is 5.91 Å². The molecule has 9 heteroatoms. The van der Waals surface area contributed by atoms with Gasteiger partial charge in [0.1, 0.15) is 5.75 Å². The van der Waals surface area contributed by atoms with E-state index < -0.39 is 0 Å².